The van der Waals surface area contributed by atoms with Gasteiger partial charge in [-0.15, -0.1) is 0 Å². The molecule has 0 spiro atoms. The number of hydrogen-bond acceptors (Lipinski definition) is 3. The van der Waals surface area contributed by atoms with Gasteiger partial charge in [0.1, 0.15) is 0 Å². The molecular weight excluding hydrogens is 379 g/mol. The third kappa shape index (κ3) is 3.57. The Kier molecular flexibility index (Phi) is 4.60. The van der Waals surface area contributed by atoms with Crippen molar-refractivity contribution in [2.75, 3.05) is 5.32 Å². The zero-order valence-corrected chi connectivity index (χ0v) is 12.6. The fourth-order valence-electron chi connectivity index (χ4n) is 1.59. The normalized spacial score (nSPS) is 10.2. The molecule has 2 aromatic rings. The molecule has 2 N–H and O–H groups in total. The van der Waals surface area contributed by atoms with Gasteiger partial charge in [0, 0.05) is 9.77 Å². The van der Waals surface area contributed by atoms with Gasteiger partial charge in [0.2, 0.25) is 0 Å². The van der Waals surface area contributed by atoms with Crippen LogP contribution in [0.1, 0.15) is 16.1 Å². The van der Waals surface area contributed by atoms with E-state index >= 15 is 0 Å². The van der Waals surface area contributed by atoms with Gasteiger partial charge < -0.3 is 10.4 Å². The number of benzene rings is 1. The number of halogens is 2. The maximum atomic E-state index is 11.1. The number of carboxylic acids is 1. The van der Waals surface area contributed by atoms with Crippen molar-refractivity contribution >= 4 is 45.8 Å². The predicted molar refractivity (Wildman–Crippen MR) is 82.7 cm³/mol. The van der Waals surface area contributed by atoms with E-state index in [1.54, 1.807) is 18.3 Å². The molecule has 0 aliphatic heterocycles. The minimum Gasteiger partial charge on any atom is -0.478 e. The lowest BCUT2D eigenvalue weighted by atomic mass is 10.2. The molecule has 0 aliphatic carbocycles. The van der Waals surface area contributed by atoms with Crippen LogP contribution in [0.2, 0.25) is 5.02 Å². The van der Waals surface area contributed by atoms with Crippen molar-refractivity contribution in [3.8, 4) is 0 Å². The summed E-state index contributed by atoms with van der Waals surface area (Å²) in [6, 6.07) is 8.72. The molecule has 0 saturated heterocycles. The Labute approximate surface area is 129 Å². The standard InChI is InChI=1S/C13H10ClIN2O2/c14-10-4-3-8(15)6-11(10)17-7-12-9(13(18)19)2-1-5-16-12/h1-6,17H,7H2,(H,18,19). The molecule has 0 fully saturated rings. The number of nitrogens with zero attached hydrogens (tertiary/aromatic N) is 1. The number of nitrogens with one attached hydrogen (secondary N) is 1. The molecule has 1 aromatic carbocycles. The van der Waals surface area contributed by atoms with Gasteiger partial charge in [0.15, 0.2) is 0 Å². The van der Waals surface area contributed by atoms with Crippen molar-refractivity contribution in [1.82, 2.24) is 4.98 Å². The van der Waals surface area contributed by atoms with Crippen LogP contribution >= 0.6 is 34.2 Å². The highest BCUT2D eigenvalue weighted by Crippen LogP contribution is 2.24. The maximum absolute atomic E-state index is 11.1. The number of aromatic carboxylic acids is 1. The van der Waals surface area contributed by atoms with Crippen molar-refractivity contribution in [3.63, 3.8) is 0 Å². The number of hydrogen-bond donors (Lipinski definition) is 2. The summed E-state index contributed by atoms with van der Waals surface area (Å²) in [5.41, 5.74) is 1.43. The summed E-state index contributed by atoms with van der Waals surface area (Å²) in [4.78, 5) is 15.1. The first-order valence-electron chi connectivity index (χ1n) is 5.44. The summed E-state index contributed by atoms with van der Waals surface area (Å²) >= 11 is 8.25. The second-order valence-electron chi connectivity index (χ2n) is 3.78. The van der Waals surface area contributed by atoms with Gasteiger partial charge in [-0.3, -0.25) is 4.98 Å². The second kappa shape index (κ2) is 6.21. The zero-order chi connectivity index (χ0) is 13.8. The van der Waals surface area contributed by atoms with Crippen LogP contribution in [-0.4, -0.2) is 16.1 Å². The van der Waals surface area contributed by atoms with Gasteiger partial charge in [0.25, 0.3) is 0 Å². The monoisotopic (exact) mass is 388 g/mol. The predicted octanol–water partition coefficient (Wildman–Crippen LogP) is 3.65. The lowest BCUT2D eigenvalue weighted by molar-refractivity contribution is 0.0695. The Morgan fingerprint density at radius 2 is 2.21 bits per heavy atom. The second-order valence-corrected chi connectivity index (χ2v) is 5.43. The summed E-state index contributed by atoms with van der Waals surface area (Å²) in [7, 11) is 0. The van der Waals surface area contributed by atoms with Crippen molar-refractivity contribution in [3.05, 3.63) is 56.4 Å². The fraction of sp³-hybridized carbons (Fsp3) is 0.0769. The summed E-state index contributed by atoms with van der Waals surface area (Å²) < 4.78 is 1.05. The number of rotatable bonds is 4. The average molecular weight is 389 g/mol. The summed E-state index contributed by atoms with van der Waals surface area (Å²) in [6.45, 7) is 0.308. The summed E-state index contributed by atoms with van der Waals surface area (Å²) in [6.07, 6.45) is 1.57. The Bertz CT molecular complexity index is 619. The molecule has 19 heavy (non-hydrogen) atoms. The molecule has 6 heteroatoms. The lowest BCUT2D eigenvalue weighted by Gasteiger charge is -2.10. The SMILES string of the molecule is O=C(O)c1cccnc1CNc1cc(I)ccc1Cl. The molecule has 4 nitrogen and oxygen atoms in total. The molecule has 2 rings (SSSR count). The van der Waals surface area contributed by atoms with Gasteiger partial charge >= 0.3 is 5.97 Å². The van der Waals surface area contributed by atoms with Gasteiger partial charge in [0.05, 0.1) is 28.5 Å². The molecule has 98 valence electrons. The van der Waals surface area contributed by atoms with Crippen LogP contribution < -0.4 is 5.32 Å². The van der Waals surface area contributed by atoms with E-state index in [0.717, 1.165) is 9.26 Å². The zero-order valence-electron chi connectivity index (χ0n) is 9.73. The van der Waals surface area contributed by atoms with E-state index < -0.39 is 5.97 Å². The molecule has 1 heterocycles. The number of carboxylic acid groups (broad SMARTS) is 1. The Morgan fingerprint density at radius 1 is 1.42 bits per heavy atom. The average Bonchev–Trinajstić information content (AvgIpc) is 2.40. The van der Waals surface area contributed by atoms with Crippen molar-refractivity contribution in [1.29, 1.82) is 0 Å². The minimum absolute atomic E-state index is 0.191. The Balaban J connectivity index is 2.19. The third-order valence-electron chi connectivity index (χ3n) is 2.50. The van der Waals surface area contributed by atoms with E-state index in [2.05, 4.69) is 32.9 Å². The van der Waals surface area contributed by atoms with E-state index in [1.165, 1.54) is 6.07 Å². The molecular formula is C13H10ClIN2O2. The first kappa shape index (κ1) is 14.1. The molecule has 0 atom stereocenters. The number of aromatic nitrogens is 1. The quantitative estimate of drug-likeness (QED) is 0.785. The van der Waals surface area contributed by atoms with Crippen LogP contribution in [0, 0.1) is 3.57 Å². The smallest absolute Gasteiger partial charge is 0.337 e. The summed E-state index contributed by atoms with van der Waals surface area (Å²) in [5, 5.41) is 12.8. The first-order chi connectivity index (χ1) is 9.08. The van der Waals surface area contributed by atoms with Crippen molar-refractivity contribution < 1.29 is 9.90 Å². The molecule has 0 unspecified atom stereocenters. The van der Waals surface area contributed by atoms with Gasteiger partial charge in [-0.05, 0) is 52.9 Å². The van der Waals surface area contributed by atoms with Crippen LogP contribution in [-0.2, 0) is 6.54 Å². The highest BCUT2D eigenvalue weighted by Gasteiger charge is 2.10. The summed E-state index contributed by atoms with van der Waals surface area (Å²) in [5.74, 6) is -0.987. The molecule has 0 saturated carbocycles. The van der Waals surface area contributed by atoms with Crippen LogP contribution in [0.4, 0.5) is 5.69 Å². The molecule has 1 aromatic heterocycles. The van der Waals surface area contributed by atoms with E-state index in [4.69, 9.17) is 16.7 Å². The topological polar surface area (TPSA) is 62.2 Å². The van der Waals surface area contributed by atoms with Crippen LogP contribution in [0.3, 0.4) is 0 Å². The molecule has 0 radical (unpaired) electrons. The molecule has 0 aliphatic rings. The van der Waals surface area contributed by atoms with Crippen molar-refractivity contribution in [2.24, 2.45) is 0 Å². The van der Waals surface area contributed by atoms with E-state index in [-0.39, 0.29) is 5.56 Å². The van der Waals surface area contributed by atoms with Gasteiger partial charge in [-0.25, -0.2) is 4.79 Å². The van der Waals surface area contributed by atoms with E-state index in [1.807, 2.05) is 12.1 Å². The van der Waals surface area contributed by atoms with Crippen LogP contribution in [0.15, 0.2) is 36.5 Å². The lowest BCUT2D eigenvalue weighted by Crippen LogP contribution is -2.09. The van der Waals surface area contributed by atoms with E-state index in [0.29, 0.717) is 17.3 Å². The van der Waals surface area contributed by atoms with Gasteiger partial charge in [-0.1, -0.05) is 11.6 Å². The van der Waals surface area contributed by atoms with Gasteiger partial charge in [-0.2, -0.15) is 0 Å². The van der Waals surface area contributed by atoms with Crippen LogP contribution in [0.25, 0.3) is 0 Å². The van der Waals surface area contributed by atoms with E-state index in [9.17, 15) is 4.79 Å². The fourth-order valence-corrected chi connectivity index (χ4v) is 2.26. The highest BCUT2D eigenvalue weighted by atomic mass is 127. The number of pyridine rings is 1. The maximum Gasteiger partial charge on any atom is 0.337 e. The van der Waals surface area contributed by atoms with Crippen LogP contribution in [0.5, 0.6) is 0 Å². The molecule has 0 bridgehead atoms. The number of carbonyl (C=O) groups is 1. The Hall–Kier alpha value is -1.34. The highest BCUT2D eigenvalue weighted by molar-refractivity contribution is 14.1. The first-order valence-corrected chi connectivity index (χ1v) is 6.89. The third-order valence-corrected chi connectivity index (χ3v) is 3.50. The van der Waals surface area contributed by atoms with Crippen molar-refractivity contribution in [2.45, 2.75) is 6.54 Å². The number of anilines is 1. The molecule has 0 amide bonds. The Morgan fingerprint density at radius 3 is 2.95 bits per heavy atom. The largest absolute Gasteiger partial charge is 0.478 e. The minimum atomic E-state index is -0.987.